The zero-order valence-electron chi connectivity index (χ0n) is 13.3. The fraction of sp³-hybridized carbons (Fsp3) is 0.200. The molecule has 0 saturated heterocycles. The summed E-state index contributed by atoms with van der Waals surface area (Å²) in [4.78, 5) is 23.5. The zero-order chi connectivity index (χ0) is 18.9. The van der Waals surface area contributed by atoms with E-state index in [1.807, 2.05) is 0 Å². The third-order valence-electron chi connectivity index (χ3n) is 3.34. The van der Waals surface area contributed by atoms with Gasteiger partial charge in [0.25, 0.3) is 5.91 Å². The lowest BCUT2D eigenvalue weighted by molar-refractivity contribution is -0.137. The SMILES string of the molecule is CC(=O)Nc1ccc(C(=O)NCc2nnc3ccc(C(F)(F)F)cn23)s1. The number of amides is 2. The Morgan fingerprint density at radius 3 is 2.65 bits per heavy atom. The van der Waals surface area contributed by atoms with E-state index in [9.17, 15) is 22.8 Å². The Morgan fingerprint density at radius 2 is 1.96 bits per heavy atom. The number of rotatable bonds is 4. The number of hydrogen-bond acceptors (Lipinski definition) is 5. The largest absolute Gasteiger partial charge is 0.417 e. The van der Waals surface area contributed by atoms with Gasteiger partial charge < -0.3 is 10.6 Å². The van der Waals surface area contributed by atoms with E-state index in [1.54, 1.807) is 6.07 Å². The lowest BCUT2D eigenvalue weighted by Crippen LogP contribution is -2.23. The van der Waals surface area contributed by atoms with Crippen LogP contribution in [0.2, 0.25) is 0 Å². The first-order valence-electron chi connectivity index (χ1n) is 7.30. The first kappa shape index (κ1) is 17.9. The van der Waals surface area contributed by atoms with Gasteiger partial charge in [0.1, 0.15) is 0 Å². The number of hydrogen-bond donors (Lipinski definition) is 2. The van der Waals surface area contributed by atoms with E-state index in [1.165, 1.54) is 23.5 Å². The van der Waals surface area contributed by atoms with Crippen molar-refractivity contribution in [3.63, 3.8) is 0 Å². The minimum atomic E-state index is -4.49. The van der Waals surface area contributed by atoms with Crippen molar-refractivity contribution < 1.29 is 22.8 Å². The molecular formula is C15H12F3N5O2S. The molecule has 0 aliphatic carbocycles. The number of carbonyl (C=O) groups excluding carboxylic acids is 2. The standard InChI is InChI=1S/C15H12F3N5O2S/c1-8(24)20-13-5-3-10(26-13)14(25)19-6-12-22-21-11-4-2-9(7-23(11)12)15(16,17)18/h2-5,7H,6H2,1H3,(H,19,25)(H,20,24). The van der Waals surface area contributed by atoms with E-state index >= 15 is 0 Å². The Morgan fingerprint density at radius 1 is 1.19 bits per heavy atom. The first-order valence-corrected chi connectivity index (χ1v) is 8.12. The summed E-state index contributed by atoms with van der Waals surface area (Å²) in [6.45, 7) is 1.25. The lowest BCUT2D eigenvalue weighted by atomic mass is 10.3. The Labute approximate surface area is 148 Å². The van der Waals surface area contributed by atoms with Crippen LogP contribution in [0.25, 0.3) is 5.65 Å². The molecule has 2 N–H and O–H groups in total. The van der Waals surface area contributed by atoms with Crippen molar-refractivity contribution in [1.29, 1.82) is 0 Å². The van der Waals surface area contributed by atoms with Crippen LogP contribution in [0.1, 0.15) is 28.0 Å². The van der Waals surface area contributed by atoms with Crippen molar-refractivity contribution in [2.75, 3.05) is 5.32 Å². The second kappa shape index (κ2) is 6.75. The van der Waals surface area contributed by atoms with Crippen molar-refractivity contribution >= 4 is 33.8 Å². The van der Waals surface area contributed by atoms with Crippen LogP contribution in [0.4, 0.5) is 18.2 Å². The van der Waals surface area contributed by atoms with Crippen molar-refractivity contribution in [1.82, 2.24) is 19.9 Å². The number of anilines is 1. The van der Waals surface area contributed by atoms with Crippen molar-refractivity contribution in [2.45, 2.75) is 19.6 Å². The molecule has 0 radical (unpaired) electrons. The van der Waals surface area contributed by atoms with Crippen LogP contribution < -0.4 is 10.6 Å². The fourth-order valence-corrected chi connectivity index (χ4v) is 3.04. The molecule has 3 aromatic heterocycles. The molecule has 0 fully saturated rings. The predicted octanol–water partition coefficient (Wildman–Crippen LogP) is 2.70. The van der Waals surface area contributed by atoms with Gasteiger partial charge in [-0.25, -0.2) is 0 Å². The van der Waals surface area contributed by atoms with Gasteiger partial charge in [-0.3, -0.25) is 14.0 Å². The number of pyridine rings is 1. The maximum atomic E-state index is 12.8. The summed E-state index contributed by atoms with van der Waals surface area (Å²) < 4.78 is 39.7. The van der Waals surface area contributed by atoms with Crippen molar-refractivity contribution in [2.24, 2.45) is 0 Å². The van der Waals surface area contributed by atoms with E-state index < -0.39 is 17.6 Å². The molecule has 0 atom stereocenters. The smallest absolute Gasteiger partial charge is 0.344 e. The summed E-state index contributed by atoms with van der Waals surface area (Å²) in [5.41, 5.74) is -0.595. The van der Waals surface area contributed by atoms with Crippen LogP contribution in [0, 0.1) is 0 Å². The summed E-state index contributed by atoms with van der Waals surface area (Å²) in [6.07, 6.45) is -3.60. The molecule has 0 aliphatic heterocycles. The van der Waals surface area contributed by atoms with E-state index in [0.717, 1.165) is 23.6 Å². The van der Waals surface area contributed by atoms with Crippen LogP contribution >= 0.6 is 11.3 Å². The Bertz CT molecular complexity index is 979. The maximum absolute atomic E-state index is 12.8. The summed E-state index contributed by atoms with van der Waals surface area (Å²) in [6, 6.07) is 5.25. The normalized spacial score (nSPS) is 11.5. The highest BCUT2D eigenvalue weighted by molar-refractivity contribution is 7.18. The molecule has 26 heavy (non-hydrogen) atoms. The van der Waals surface area contributed by atoms with Crippen molar-refractivity contribution in [3.05, 3.63) is 46.7 Å². The Balaban J connectivity index is 1.74. The number of carbonyl (C=O) groups is 2. The molecule has 3 aromatic rings. The number of nitrogens with zero attached hydrogens (tertiary/aromatic N) is 3. The van der Waals surface area contributed by atoms with Crippen LogP contribution in [0.3, 0.4) is 0 Å². The zero-order valence-corrected chi connectivity index (χ0v) is 14.1. The quantitative estimate of drug-likeness (QED) is 0.725. The highest BCUT2D eigenvalue weighted by atomic mass is 32.1. The van der Waals surface area contributed by atoms with Crippen LogP contribution in [0.15, 0.2) is 30.5 Å². The van der Waals surface area contributed by atoms with E-state index in [2.05, 4.69) is 20.8 Å². The van der Waals surface area contributed by atoms with Gasteiger partial charge in [0.15, 0.2) is 11.5 Å². The van der Waals surface area contributed by atoms with Gasteiger partial charge in [-0.1, -0.05) is 0 Å². The molecule has 0 aromatic carbocycles. The highest BCUT2D eigenvalue weighted by Crippen LogP contribution is 2.29. The van der Waals surface area contributed by atoms with Gasteiger partial charge in [0.05, 0.1) is 22.0 Å². The molecule has 136 valence electrons. The van der Waals surface area contributed by atoms with Gasteiger partial charge in [-0.2, -0.15) is 13.2 Å². The molecular weight excluding hydrogens is 371 g/mol. The van der Waals surface area contributed by atoms with Gasteiger partial charge in [-0.15, -0.1) is 21.5 Å². The second-order valence-electron chi connectivity index (χ2n) is 5.29. The third-order valence-corrected chi connectivity index (χ3v) is 4.34. The molecule has 7 nitrogen and oxygen atoms in total. The molecule has 3 heterocycles. The topological polar surface area (TPSA) is 88.4 Å². The third kappa shape index (κ3) is 3.82. The number of aromatic nitrogens is 3. The molecule has 0 spiro atoms. The summed E-state index contributed by atoms with van der Waals surface area (Å²) in [5, 5.41) is 13.2. The van der Waals surface area contributed by atoms with E-state index in [4.69, 9.17) is 0 Å². The van der Waals surface area contributed by atoms with E-state index in [-0.39, 0.29) is 23.9 Å². The monoisotopic (exact) mass is 383 g/mol. The van der Waals surface area contributed by atoms with Gasteiger partial charge in [-0.05, 0) is 24.3 Å². The molecule has 0 unspecified atom stereocenters. The molecule has 0 bridgehead atoms. The Kier molecular flexibility index (Phi) is 4.64. The minimum Gasteiger partial charge on any atom is -0.344 e. The van der Waals surface area contributed by atoms with Gasteiger partial charge in [0, 0.05) is 13.1 Å². The van der Waals surface area contributed by atoms with Crippen LogP contribution in [-0.4, -0.2) is 26.4 Å². The number of alkyl halides is 3. The summed E-state index contributed by atoms with van der Waals surface area (Å²) in [7, 11) is 0. The van der Waals surface area contributed by atoms with Crippen LogP contribution in [0.5, 0.6) is 0 Å². The maximum Gasteiger partial charge on any atom is 0.417 e. The number of fused-ring (bicyclic) bond motifs is 1. The molecule has 0 aliphatic rings. The van der Waals surface area contributed by atoms with Gasteiger partial charge >= 0.3 is 6.18 Å². The Hall–Kier alpha value is -2.95. The van der Waals surface area contributed by atoms with Crippen LogP contribution in [-0.2, 0) is 17.5 Å². The van der Waals surface area contributed by atoms with E-state index in [0.29, 0.717) is 9.88 Å². The lowest BCUT2D eigenvalue weighted by Gasteiger charge is -2.07. The number of halogens is 3. The minimum absolute atomic E-state index is 0.102. The number of nitrogens with one attached hydrogen (secondary N) is 2. The molecule has 3 rings (SSSR count). The summed E-state index contributed by atoms with van der Waals surface area (Å²) >= 11 is 1.08. The highest BCUT2D eigenvalue weighted by Gasteiger charge is 2.31. The molecule has 2 amide bonds. The molecule has 11 heteroatoms. The average Bonchev–Trinajstić information content (AvgIpc) is 3.17. The van der Waals surface area contributed by atoms with Crippen molar-refractivity contribution in [3.8, 4) is 0 Å². The number of thiophene rings is 1. The fourth-order valence-electron chi connectivity index (χ4n) is 2.17. The first-order chi connectivity index (χ1) is 12.2. The van der Waals surface area contributed by atoms with Gasteiger partial charge in [0.2, 0.25) is 5.91 Å². The summed E-state index contributed by atoms with van der Waals surface area (Å²) in [5.74, 6) is -0.525. The second-order valence-corrected chi connectivity index (χ2v) is 6.37. The average molecular weight is 383 g/mol. The predicted molar refractivity (Wildman–Crippen MR) is 87.8 cm³/mol. The molecule has 0 saturated carbocycles.